The number of fused-ring (bicyclic) bond motifs is 3. The van der Waals surface area contributed by atoms with Gasteiger partial charge in [0.15, 0.2) is 17.2 Å². The van der Waals surface area contributed by atoms with E-state index in [1.165, 1.54) is 0 Å². The first-order valence-electron chi connectivity index (χ1n) is 13.8. The maximum Gasteiger partial charge on any atom is 0.534 e. The Hall–Kier alpha value is -3.05. The van der Waals surface area contributed by atoms with Gasteiger partial charge in [-0.05, 0) is 83.6 Å². The second kappa shape index (κ2) is 9.73. The molecule has 11 heteroatoms. The first-order valence-corrected chi connectivity index (χ1v) is 18.2. The number of nitrogens with zero attached hydrogens (tertiary/aromatic N) is 1. The molecular formula is C31H33F5NO3SSi+. The van der Waals surface area contributed by atoms with Crippen LogP contribution in [0.25, 0.3) is 5.57 Å². The summed E-state index contributed by atoms with van der Waals surface area (Å²) in [6.45, 7) is 14.8. The van der Waals surface area contributed by atoms with Gasteiger partial charge in [0.25, 0.3) is 0 Å². The molecule has 42 heavy (non-hydrogen) atoms. The minimum Gasteiger partial charge on any atom is -0.370 e. The van der Waals surface area contributed by atoms with Gasteiger partial charge in [0, 0.05) is 18.1 Å². The highest BCUT2D eigenvalue weighted by molar-refractivity contribution is 7.88. The third-order valence-corrected chi connectivity index (χ3v) is 13.2. The van der Waals surface area contributed by atoms with Gasteiger partial charge in [-0.2, -0.15) is 21.6 Å². The van der Waals surface area contributed by atoms with Gasteiger partial charge in [0.1, 0.15) is 14.6 Å². The fourth-order valence-corrected chi connectivity index (χ4v) is 10.6. The summed E-state index contributed by atoms with van der Waals surface area (Å²) >= 11 is 0. The van der Waals surface area contributed by atoms with Crippen molar-refractivity contribution in [1.29, 1.82) is 0 Å². The van der Waals surface area contributed by atoms with Crippen molar-refractivity contribution < 1.29 is 34.6 Å². The van der Waals surface area contributed by atoms with Gasteiger partial charge in [0.05, 0.1) is 0 Å². The standard InChI is InChI=1S/C31H33F5NO3SSi/c1-8-37-24-15-25-21(13-20(24)18(3)16-30(37,4)5)26(19-12-10-9-11-17(19)2)22-14-23(32)28(27(33)29(22)42(25,6)7)40-41(38,39)31(34,35)36/h9-15,18H,8,16H2,1-7H3/q+1. The molecule has 4 nitrogen and oxygen atoms in total. The molecule has 0 spiro atoms. The summed E-state index contributed by atoms with van der Waals surface area (Å²) in [4.78, 5) is 0. The second-order valence-electron chi connectivity index (χ2n) is 12.3. The van der Waals surface area contributed by atoms with Crippen LogP contribution in [0.15, 0.2) is 42.5 Å². The molecule has 0 fully saturated rings. The summed E-state index contributed by atoms with van der Waals surface area (Å²) in [6.07, 6.45) is 0.904. The van der Waals surface area contributed by atoms with E-state index in [1.54, 1.807) is 0 Å². The van der Waals surface area contributed by atoms with Crippen LogP contribution >= 0.6 is 0 Å². The molecule has 0 saturated carbocycles. The Morgan fingerprint density at radius 3 is 2.31 bits per heavy atom. The molecule has 0 aliphatic carbocycles. The van der Waals surface area contributed by atoms with E-state index < -0.39 is 41.1 Å². The summed E-state index contributed by atoms with van der Waals surface area (Å²) in [5.41, 5.74) is -2.59. The van der Waals surface area contributed by atoms with Crippen LogP contribution in [0.3, 0.4) is 0 Å². The molecule has 1 atom stereocenters. The van der Waals surface area contributed by atoms with E-state index in [1.807, 2.05) is 44.3 Å². The predicted octanol–water partition coefficient (Wildman–Crippen LogP) is 4.68. The number of rotatable bonds is 4. The SMILES string of the molecule is CC[N+]1=c2cc3c(cc2C(C)CC1(C)C)=C(c1ccccc1C)c1cc(F)c(OS(=O)(=O)C(F)(F)F)c(F)c1[Si]3(C)C. The van der Waals surface area contributed by atoms with E-state index in [0.29, 0.717) is 5.57 Å². The predicted molar refractivity (Wildman–Crippen MR) is 156 cm³/mol. The zero-order valence-electron chi connectivity index (χ0n) is 24.5. The van der Waals surface area contributed by atoms with E-state index in [2.05, 4.69) is 48.6 Å². The zero-order chi connectivity index (χ0) is 31.2. The maximum atomic E-state index is 16.4. The molecular weight excluding hydrogens is 589 g/mol. The van der Waals surface area contributed by atoms with Crippen LogP contribution in [-0.2, 0) is 10.1 Å². The third kappa shape index (κ3) is 4.50. The molecule has 5 rings (SSSR count). The maximum absolute atomic E-state index is 16.4. The number of halogens is 5. The number of benzene rings is 3. The van der Waals surface area contributed by atoms with E-state index >= 15 is 8.78 Å². The normalized spacial score (nSPS) is 19.2. The molecule has 0 saturated heterocycles. The zero-order valence-corrected chi connectivity index (χ0v) is 26.3. The number of hydrogen-bond acceptors (Lipinski definition) is 3. The quantitative estimate of drug-likeness (QED) is 0.140. The smallest absolute Gasteiger partial charge is 0.370 e. The highest BCUT2D eigenvalue weighted by Gasteiger charge is 2.50. The molecule has 0 aromatic heterocycles. The lowest BCUT2D eigenvalue weighted by atomic mass is 9.82. The van der Waals surface area contributed by atoms with Gasteiger partial charge in [-0.25, -0.2) is 13.4 Å². The molecule has 2 aliphatic heterocycles. The Morgan fingerprint density at radius 2 is 1.71 bits per heavy atom. The fourth-order valence-electron chi connectivity index (χ4n) is 6.92. The average molecular weight is 623 g/mol. The van der Waals surface area contributed by atoms with Gasteiger partial charge >= 0.3 is 15.6 Å². The van der Waals surface area contributed by atoms with Gasteiger partial charge in [0.2, 0.25) is 11.1 Å². The van der Waals surface area contributed by atoms with Gasteiger partial charge in [-0.15, -0.1) is 0 Å². The number of aryl methyl sites for hydroxylation is 1. The van der Waals surface area contributed by atoms with Crippen LogP contribution in [0.4, 0.5) is 22.0 Å². The molecule has 3 aromatic rings. The van der Waals surface area contributed by atoms with Crippen LogP contribution in [-0.4, -0.2) is 34.1 Å². The summed E-state index contributed by atoms with van der Waals surface area (Å²) in [5, 5.41) is 2.65. The van der Waals surface area contributed by atoms with Crippen molar-refractivity contribution in [3.63, 3.8) is 0 Å². The summed E-state index contributed by atoms with van der Waals surface area (Å²) in [7, 11) is -9.47. The van der Waals surface area contributed by atoms with Crippen molar-refractivity contribution in [2.24, 2.45) is 0 Å². The molecule has 224 valence electrons. The van der Waals surface area contributed by atoms with Crippen LogP contribution in [0.2, 0.25) is 13.1 Å². The lowest BCUT2D eigenvalue weighted by Crippen LogP contribution is -2.66. The Bertz CT molecular complexity index is 1880. The van der Waals surface area contributed by atoms with Crippen LogP contribution in [0.5, 0.6) is 5.75 Å². The Kier molecular flexibility index (Phi) is 7.05. The van der Waals surface area contributed by atoms with E-state index in [-0.39, 0.29) is 22.2 Å². The van der Waals surface area contributed by atoms with Gasteiger partial charge < -0.3 is 4.18 Å². The molecule has 1 unspecified atom stereocenters. The highest BCUT2D eigenvalue weighted by atomic mass is 32.2. The summed E-state index contributed by atoms with van der Waals surface area (Å²) < 4.78 is 101. The van der Waals surface area contributed by atoms with Gasteiger partial charge in [-0.3, -0.25) is 0 Å². The third-order valence-electron chi connectivity index (χ3n) is 8.75. The molecule has 0 radical (unpaired) electrons. The molecule has 0 N–H and O–H groups in total. The molecule has 0 amide bonds. The Morgan fingerprint density at radius 1 is 1.07 bits per heavy atom. The fraction of sp³-hybridized carbons (Fsp3) is 0.387. The second-order valence-corrected chi connectivity index (χ2v) is 18.2. The van der Waals surface area contributed by atoms with Gasteiger partial charge in [-0.1, -0.05) is 44.3 Å². The lowest BCUT2D eigenvalue weighted by molar-refractivity contribution is -0.0501. The largest absolute Gasteiger partial charge is 0.534 e. The minimum atomic E-state index is -6.31. The topological polar surface area (TPSA) is 46.4 Å². The van der Waals surface area contributed by atoms with Crippen molar-refractivity contribution in [3.05, 3.63) is 86.9 Å². The summed E-state index contributed by atoms with van der Waals surface area (Å²) in [6, 6.07) is 12.5. The minimum absolute atomic E-state index is 0.00635. The van der Waals surface area contributed by atoms with Crippen molar-refractivity contribution in [2.45, 2.75) is 71.1 Å². The van der Waals surface area contributed by atoms with Crippen LogP contribution < -0.4 is 29.7 Å². The molecule has 0 bridgehead atoms. The van der Waals surface area contributed by atoms with Crippen molar-refractivity contribution in [3.8, 4) is 5.75 Å². The average Bonchev–Trinajstić information content (AvgIpc) is 2.86. The summed E-state index contributed by atoms with van der Waals surface area (Å²) in [5.74, 6) is -4.32. The monoisotopic (exact) mass is 622 g/mol. The molecule has 3 aromatic carbocycles. The van der Waals surface area contributed by atoms with Crippen LogP contribution in [0.1, 0.15) is 62.3 Å². The van der Waals surface area contributed by atoms with E-state index in [0.717, 1.165) is 51.5 Å². The lowest BCUT2D eigenvalue weighted by Gasteiger charge is -2.36. The highest BCUT2D eigenvalue weighted by Crippen LogP contribution is 2.36. The first-order chi connectivity index (χ1) is 19.3. The number of hydrogen-bond donors (Lipinski definition) is 0. The van der Waals surface area contributed by atoms with E-state index in [4.69, 9.17) is 0 Å². The van der Waals surface area contributed by atoms with Crippen molar-refractivity contribution in [2.75, 3.05) is 6.54 Å². The molecule has 2 heterocycles. The van der Waals surface area contributed by atoms with E-state index in [9.17, 15) is 21.6 Å². The Labute approximate surface area is 243 Å². The number of alkyl halides is 3. The molecule has 2 aliphatic rings. The van der Waals surface area contributed by atoms with Crippen LogP contribution in [0, 0.1) is 18.6 Å². The van der Waals surface area contributed by atoms with Crippen molar-refractivity contribution >= 4 is 34.1 Å². The van der Waals surface area contributed by atoms with Crippen molar-refractivity contribution in [1.82, 2.24) is 4.58 Å². The first kappa shape index (κ1) is 30.4. The Balaban J connectivity index is 1.98.